The summed E-state index contributed by atoms with van der Waals surface area (Å²) in [6, 6.07) is 7.51. The number of hydrogen-bond donors (Lipinski definition) is 1. The van der Waals surface area contributed by atoms with Crippen molar-refractivity contribution in [2.45, 2.75) is 58.0 Å². The van der Waals surface area contributed by atoms with E-state index >= 15 is 0 Å². The summed E-state index contributed by atoms with van der Waals surface area (Å²) in [7, 11) is 0. The van der Waals surface area contributed by atoms with Crippen molar-refractivity contribution < 1.29 is 4.74 Å². The fraction of sp³-hybridized carbons (Fsp3) is 0.684. The van der Waals surface area contributed by atoms with Gasteiger partial charge in [0.1, 0.15) is 5.75 Å². The molecule has 1 fully saturated rings. The van der Waals surface area contributed by atoms with Crippen LogP contribution >= 0.6 is 0 Å². The highest BCUT2D eigenvalue weighted by Gasteiger charge is 2.36. The van der Waals surface area contributed by atoms with Crippen molar-refractivity contribution in [3.05, 3.63) is 29.3 Å². The Hall–Kier alpha value is -1.06. The van der Waals surface area contributed by atoms with Crippen molar-refractivity contribution in [2.75, 3.05) is 19.7 Å². The van der Waals surface area contributed by atoms with Gasteiger partial charge in [0.25, 0.3) is 0 Å². The molecule has 3 unspecified atom stereocenters. The van der Waals surface area contributed by atoms with Gasteiger partial charge in [0.2, 0.25) is 0 Å². The second-order valence-corrected chi connectivity index (χ2v) is 6.86. The quantitative estimate of drug-likeness (QED) is 0.904. The van der Waals surface area contributed by atoms with Crippen LogP contribution in [0.1, 0.15) is 56.7 Å². The average molecular weight is 302 g/mol. The van der Waals surface area contributed by atoms with Gasteiger partial charge in [0.05, 0.1) is 6.61 Å². The molecule has 0 bridgehead atoms. The van der Waals surface area contributed by atoms with Crippen molar-refractivity contribution in [3.8, 4) is 5.75 Å². The minimum Gasteiger partial charge on any atom is -0.494 e. The molecule has 0 radical (unpaired) electrons. The molecule has 1 saturated heterocycles. The second kappa shape index (κ2) is 7.01. The Morgan fingerprint density at radius 3 is 2.95 bits per heavy atom. The van der Waals surface area contributed by atoms with Crippen molar-refractivity contribution in [3.63, 3.8) is 0 Å². The lowest BCUT2D eigenvalue weighted by molar-refractivity contribution is 0.0785. The minimum absolute atomic E-state index is 0.352. The molecule has 0 saturated carbocycles. The Morgan fingerprint density at radius 2 is 2.18 bits per heavy atom. The molecule has 22 heavy (non-hydrogen) atoms. The van der Waals surface area contributed by atoms with E-state index in [-0.39, 0.29) is 0 Å². The summed E-state index contributed by atoms with van der Waals surface area (Å²) >= 11 is 0. The van der Waals surface area contributed by atoms with Gasteiger partial charge in [-0.2, -0.15) is 0 Å². The monoisotopic (exact) mass is 302 g/mol. The van der Waals surface area contributed by atoms with Crippen LogP contribution in [0.2, 0.25) is 0 Å². The third-order valence-corrected chi connectivity index (χ3v) is 5.39. The maximum Gasteiger partial charge on any atom is 0.119 e. The molecule has 3 rings (SSSR count). The van der Waals surface area contributed by atoms with E-state index < -0.39 is 0 Å². The van der Waals surface area contributed by atoms with Crippen molar-refractivity contribution in [2.24, 2.45) is 11.7 Å². The summed E-state index contributed by atoms with van der Waals surface area (Å²) in [6.45, 7) is 7.39. The first-order chi connectivity index (χ1) is 10.7. The highest BCUT2D eigenvalue weighted by Crippen LogP contribution is 2.40. The average Bonchev–Trinajstić information content (AvgIpc) is 2.53. The van der Waals surface area contributed by atoms with Crippen LogP contribution in [0.25, 0.3) is 0 Å². The molecule has 1 aromatic rings. The van der Waals surface area contributed by atoms with Crippen molar-refractivity contribution in [1.29, 1.82) is 0 Å². The summed E-state index contributed by atoms with van der Waals surface area (Å²) in [4.78, 5) is 2.67. The number of fused-ring (bicyclic) bond motifs is 3. The molecule has 0 spiro atoms. The van der Waals surface area contributed by atoms with Gasteiger partial charge in [-0.25, -0.2) is 0 Å². The number of nitrogens with two attached hydrogens (primary N) is 1. The summed E-state index contributed by atoms with van der Waals surface area (Å²) in [5.41, 5.74) is 9.46. The number of ether oxygens (including phenoxy) is 1. The highest BCUT2D eigenvalue weighted by molar-refractivity contribution is 5.39. The molecule has 3 nitrogen and oxygen atoms in total. The number of hydrogen-bond acceptors (Lipinski definition) is 3. The zero-order chi connectivity index (χ0) is 15.5. The van der Waals surface area contributed by atoms with E-state index in [4.69, 9.17) is 10.5 Å². The van der Waals surface area contributed by atoms with Gasteiger partial charge >= 0.3 is 0 Å². The van der Waals surface area contributed by atoms with Crippen LogP contribution in [-0.4, -0.2) is 30.6 Å². The van der Waals surface area contributed by atoms with E-state index in [1.807, 2.05) is 6.92 Å². The standard InChI is InChI=1S/C19H30N2O/c1-3-5-6-15-13-21-10-9-14-11-16(22-4-2)7-8-17(14)19(21)12-18(15)20/h7-8,11,15,18-19H,3-6,9-10,12-13,20H2,1-2H3. The topological polar surface area (TPSA) is 38.5 Å². The smallest absolute Gasteiger partial charge is 0.119 e. The van der Waals surface area contributed by atoms with Crippen molar-refractivity contribution >= 4 is 0 Å². The molecule has 2 aliphatic heterocycles. The first-order valence-corrected chi connectivity index (χ1v) is 8.98. The third-order valence-electron chi connectivity index (χ3n) is 5.39. The number of piperidine rings is 1. The Bertz CT molecular complexity index is 502. The fourth-order valence-electron chi connectivity index (χ4n) is 4.15. The molecule has 3 atom stereocenters. The summed E-state index contributed by atoms with van der Waals surface area (Å²) < 4.78 is 5.65. The van der Waals surface area contributed by atoms with Crippen LogP contribution in [0.3, 0.4) is 0 Å². The van der Waals surface area contributed by atoms with E-state index in [0.717, 1.165) is 25.2 Å². The molecule has 1 aromatic carbocycles. The van der Waals surface area contributed by atoms with Gasteiger partial charge in [0, 0.05) is 25.2 Å². The zero-order valence-corrected chi connectivity index (χ0v) is 14.1. The van der Waals surface area contributed by atoms with E-state index in [2.05, 4.69) is 30.0 Å². The van der Waals surface area contributed by atoms with Crippen molar-refractivity contribution in [1.82, 2.24) is 4.90 Å². The van der Waals surface area contributed by atoms with Crippen LogP contribution in [-0.2, 0) is 6.42 Å². The predicted octanol–water partition coefficient (Wildman–Crippen LogP) is 3.52. The summed E-state index contributed by atoms with van der Waals surface area (Å²) in [6.07, 6.45) is 6.12. The molecule has 2 aliphatic rings. The molecule has 2 N–H and O–H groups in total. The number of nitrogens with zero attached hydrogens (tertiary/aromatic N) is 1. The second-order valence-electron chi connectivity index (χ2n) is 6.86. The molecule has 0 aliphatic carbocycles. The Labute approximate surface area is 134 Å². The van der Waals surface area contributed by atoms with E-state index in [0.29, 0.717) is 18.0 Å². The zero-order valence-electron chi connectivity index (χ0n) is 14.1. The van der Waals surface area contributed by atoms with Crippen LogP contribution in [0.4, 0.5) is 0 Å². The lowest BCUT2D eigenvalue weighted by Crippen LogP contribution is -2.50. The van der Waals surface area contributed by atoms with Crippen LogP contribution in [0.15, 0.2) is 18.2 Å². The van der Waals surface area contributed by atoms with Crippen LogP contribution in [0, 0.1) is 5.92 Å². The lowest BCUT2D eigenvalue weighted by Gasteiger charge is -2.46. The molecular weight excluding hydrogens is 272 g/mol. The largest absolute Gasteiger partial charge is 0.494 e. The first kappa shape index (κ1) is 15.8. The molecule has 3 heteroatoms. The molecule has 0 aromatic heterocycles. The minimum atomic E-state index is 0.352. The molecular formula is C19H30N2O. The van der Waals surface area contributed by atoms with Gasteiger partial charge < -0.3 is 10.5 Å². The maximum absolute atomic E-state index is 6.51. The highest BCUT2D eigenvalue weighted by atomic mass is 16.5. The van der Waals surface area contributed by atoms with Crippen LogP contribution in [0.5, 0.6) is 5.75 Å². The van der Waals surface area contributed by atoms with E-state index in [9.17, 15) is 0 Å². The van der Waals surface area contributed by atoms with Gasteiger partial charge in [-0.05, 0) is 55.4 Å². The number of benzene rings is 1. The normalized spacial score (nSPS) is 28.0. The fourth-order valence-corrected chi connectivity index (χ4v) is 4.15. The Kier molecular flexibility index (Phi) is 5.04. The van der Waals surface area contributed by atoms with E-state index in [1.54, 1.807) is 0 Å². The van der Waals surface area contributed by atoms with E-state index in [1.165, 1.54) is 43.5 Å². The SMILES string of the molecule is CCCCC1CN2CCc3cc(OCC)ccc3C2CC1N. The lowest BCUT2D eigenvalue weighted by atomic mass is 9.79. The molecule has 122 valence electrons. The first-order valence-electron chi connectivity index (χ1n) is 8.98. The summed E-state index contributed by atoms with van der Waals surface area (Å²) in [5, 5.41) is 0. The maximum atomic E-state index is 6.51. The number of rotatable bonds is 5. The summed E-state index contributed by atoms with van der Waals surface area (Å²) in [5.74, 6) is 1.69. The third kappa shape index (κ3) is 3.16. The molecule has 2 heterocycles. The number of unbranched alkanes of at least 4 members (excludes halogenated alkanes) is 1. The van der Waals surface area contributed by atoms with Gasteiger partial charge in [-0.15, -0.1) is 0 Å². The van der Waals surface area contributed by atoms with Gasteiger partial charge in [0.15, 0.2) is 0 Å². The van der Waals surface area contributed by atoms with Gasteiger partial charge in [-0.1, -0.05) is 25.8 Å². The van der Waals surface area contributed by atoms with Gasteiger partial charge in [-0.3, -0.25) is 4.90 Å². The Balaban J connectivity index is 1.75. The van der Waals surface area contributed by atoms with Crippen LogP contribution < -0.4 is 10.5 Å². The molecule has 0 amide bonds. The predicted molar refractivity (Wildman–Crippen MR) is 91.2 cm³/mol. The Morgan fingerprint density at radius 1 is 1.32 bits per heavy atom.